The summed E-state index contributed by atoms with van der Waals surface area (Å²) < 4.78 is 54.7. The van der Waals surface area contributed by atoms with E-state index in [-0.39, 0.29) is 23.0 Å². The minimum Gasteiger partial charge on any atom is -0.497 e. The number of benzene rings is 2. The first-order valence-electron chi connectivity index (χ1n) is 9.45. The summed E-state index contributed by atoms with van der Waals surface area (Å²) in [4.78, 5) is 29.9. The van der Waals surface area contributed by atoms with E-state index >= 15 is 0 Å². The Kier molecular flexibility index (Phi) is 7.22. The number of anilines is 2. The maximum absolute atomic E-state index is 13.1. The van der Waals surface area contributed by atoms with Crippen LogP contribution in [0.2, 0.25) is 0 Å². The van der Waals surface area contributed by atoms with E-state index in [1.54, 1.807) is 11.4 Å². The van der Waals surface area contributed by atoms with Crippen molar-refractivity contribution in [2.45, 2.75) is 19.7 Å². The monoisotopic (exact) mass is 480 g/mol. The Morgan fingerprint density at radius 1 is 1.06 bits per heavy atom. The molecular weight excluding hydrogens is 461 g/mol. The summed E-state index contributed by atoms with van der Waals surface area (Å²) >= 11 is 1.04. The van der Waals surface area contributed by atoms with E-state index in [1.807, 2.05) is 0 Å². The molecule has 0 bridgehead atoms. The highest BCUT2D eigenvalue weighted by atomic mass is 32.1. The number of hydrogen-bond acceptors (Lipinski definition) is 7. The van der Waals surface area contributed by atoms with E-state index in [0.29, 0.717) is 17.2 Å². The number of carbonyl (C=O) groups excluding carboxylic acids is 2. The van der Waals surface area contributed by atoms with Crippen LogP contribution in [0.3, 0.4) is 0 Å². The number of carbonyl (C=O) groups is 2. The van der Waals surface area contributed by atoms with Gasteiger partial charge in [-0.25, -0.2) is 9.78 Å². The first-order chi connectivity index (χ1) is 15.6. The molecule has 3 rings (SSSR count). The lowest BCUT2D eigenvalue weighted by Crippen LogP contribution is -2.23. The second-order valence-electron chi connectivity index (χ2n) is 6.70. The molecule has 11 heteroatoms. The molecule has 0 radical (unpaired) electrons. The molecule has 0 spiro atoms. The van der Waals surface area contributed by atoms with Gasteiger partial charge in [0.1, 0.15) is 18.1 Å². The molecule has 3 aromatic rings. The van der Waals surface area contributed by atoms with Crippen LogP contribution < -0.4 is 14.4 Å². The Labute approximate surface area is 191 Å². The molecule has 0 N–H and O–H groups in total. The summed E-state index contributed by atoms with van der Waals surface area (Å²) in [5.74, 6) is -0.343. The van der Waals surface area contributed by atoms with Gasteiger partial charge in [0.2, 0.25) is 5.91 Å². The lowest BCUT2D eigenvalue weighted by Gasteiger charge is -2.19. The normalized spacial score (nSPS) is 11.1. The van der Waals surface area contributed by atoms with E-state index in [0.717, 1.165) is 28.4 Å². The Morgan fingerprint density at radius 3 is 2.30 bits per heavy atom. The van der Waals surface area contributed by atoms with Gasteiger partial charge in [-0.05, 0) is 30.3 Å². The topological polar surface area (TPSA) is 78.0 Å². The van der Waals surface area contributed by atoms with Gasteiger partial charge in [-0.2, -0.15) is 13.2 Å². The molecule has 0 saturated heterocycles. The van der Waals surface area contributed by atoms with Crippen molar-refractivity contribution in [3.8, 4) is 11.5 Å². The van der Waals surface area contributed by atoms with Crippen molar-refractivity contribution < 1.29 is 37.0 Å². The molecule has 1 heterocycles. The second kappa shape index (κ2) is 9.90. The lowest BCUT2D eigenvalue weighted by molar-refractivity contribution is -0.137. The molecule has 0 fully saturated rings. The third-order valence-electron chi connectivity index (χ3n) is 4.42. The molecule has 0 unspecified atom stereocenters. The van der Waals surface area contributed by atoms with Gasteiger partial charge < -0.3 is 14.2 Å². The van der Waals surface area contributed by atoms with Crippen LogP contribution in [0.5, 0.6) is 11.5 Å². The predicted molar refractivity (Wildman–Crippen MR) is 115 cm³/mol. The van der Waals surface area contributed by atoms with Gasteiger partial charge in [-0.3, -0.25) is 9.69 Å². The van der Waals surface area contributed by atoms with Gasteiger partial charge in [0.25, 0.3) is 0 Å². The van der Waals surface area contributed by atoms with Crippen LogP contribution in [0.1, 0.15) is 28.5 Å². The van der Waals surface area contributed by atoms with Crippen molar-refractivity contribution in [3.63, 3.8) is 0 Å². The molecule has 0 aliphatic rings. The SMILES string of the molecule is COc1cc(OC)cc(C(=O)OCc2csc(N(C(C)=O)c3cccc(C(F)(F)F)c3)n2)c1. The molecule has 0 atom stereocenters. The zero-order valence-electron chi connectivity index (χ0n) is 17.8. The Balaban J connectivity index is 1.77. The second-order valence-corrected chi connectivity index (χ2v) is 7.54. The van der Waals surface area contributed by atoms with E-state index in [1.165, 1.54) is 45.4 Å². The Morgan fingerprint density at radius 2 is 1.73 bits per heavy atom. The fraction of sp³-hybridized carbons (Fsp3) is 0.227. The maximum atomic E-state index is 13.1. The summed E-state index contributed by atoms with van der Waals surface area (Å²) in [5.41, 5.74) is -0.322. The van der Waals surface area contributed by atoms with Crippen molar-refractivity contribution in [1.29, 1.82) is 0 Å². The van der Waals surface area contributed by atoms with E-state index in [4.69, 9.17) is 14.2 Å². The lowest BCUT2D eigenvalue weighted by atomic mass is 10.2. The minimum atomic E-state index is -4.55. The summed E-state index contributed by atoms with van der Waals surface area (Å²) in [6.45, 7) is 1.01. The number of hydrogen-bond donors (Lipinski definition) is 0. The zero-order valence-corrected chi connectivity index (χ0v) is 18.6. The smallest absolute Gasteiger partial charge is 0.416 e. The quantitative estimate of drug-likeness (QED) is 0.432. The molecule has 33 heavy (non-hydrogen) atoms. The summed E-state index contributed by atoms with van der Waals surface area (Å²) in [6.07, 6.45) is -4.55. The fourth-order valence-electron chi connectivity index (χ4n) is 2.86. The molecule has 2 aromatic carbocycles. The van der Waals surface area contributed by atoms with Crippen LogP contribution in [-0.4, -0.2) is 31.1 Å². The first-order valence-corrected chi connectivity index (χ1v) is 10.3. The number of amides is 1. The molecule has 7 nitrogen and oxygen atoms in total. The highest BCUT2D eigenvalue weighted by Gasteiger charge is 2.31. The summed E-state index contributed by atoms with van der Waals surface area (Å²) in [7, 11) is 2.90. The van der Waals surface area contributed by atoms with Crippen molar-refractivity contribution in [3.05, 3.63) is 64.7 Å². The average molecular weight is 480 g/mol. The third kappa shape index (κ3) is 5.80. The number of ether oxygens (including phenoxy) is 3. The van der Waals surface area contributed by atoms with Gasteiger partial charge in [0.15, 0.2) is 5.13 Å². The average Bonchev–Trinajstić information content (AvgIpc) is 3.24. The van der Waals surface area contributed by atoms with Gasteiger partial charge >= 0.3 is 12.1 Å². The fourth-order valence-corrected chi connectivity index (χ4v) is 3.73. The van der Waals surface area contributed by atoms with Crippen molar-refractivity contribution >= 4 is 34.0 Å². The molecule has 1 aromatic heterocycles. The molecule has 0 aliphatic heterocycles. The number of methoxy groups -OCH3 is 2. The van der Waals surface area contributed by atoms with Crippen LogP contribution in [0, 0.1) is 0 Å². The van der Waals surface area contributed by atoms with Crippen molar-refractivity contribution in [2.75, 3.05) is 19.1 Å². The standard InChI is InChI=1S/C22H19F3N2O5S/c1-13(28)27(17-6-4-5-15(9-17)22(23,24)25)21-26-16(12-33-21)11-32-20(29)14-7-18(30-2)10-19(8-14)31-3/h4-10,12H,11H2,1-3H3. The number of halogens is 3. The Bertz CT molecular complexity index is 1140. The maximum Gasteiger partial charge on any atom is 0.416 e. The number of rotatable bonds is 7. The van der Waals surface area contributed by atoms with E-state index < -0.39 is 23.6 Å². The van der Waals surface area contributed by atoms with Crippen LogP contribution >= 0.6 is 11.3 Å². The molecular formula is C22H19F3N2O5S. The highest BCUT2D eigenvalue weighted by molar-refractivity contribution is 7.14. The van der Waals surface area contributed by atoms with Crippen molar-refractivity contribution in [1.82, 2.24) is 4.98 Å². The number of aromatic nitrogens is 1. The van der Waals surface area contributed by atoms with Gasteiger partial charge in [0, 0.05) is 18.4 Å². The number of alkyl halides is 3. The molecule has 1 amide bonds. The van der Waals surface area contributed by atoms with E-state index in [9.17, 15) is 22.8 Å². The molecule has 0 saturated carbocycles. The molecule has 174 valence electrons. The van der Waals surface area contributed by atoms with Crippen molar-refractivity contribution in [2.24, 2.45) is 0 Å². The summed E-state index contributed by atoms with van der Waals surface area (Å²) in [6, 6.07) is 8.97. The Hall–Kier alpha value is -3.60. The van der Waals surface area contributed by atoms with Crippen LogP contribution in [-0.2, 0) is 22.3 Å². The number of thiazole rings is 1. The van der Waals surface area contributed by atoms with Crippen LogP contribution in [0.15, 0.2) is 47.8 Å². The third-order valence-corrected chi connectivity index (χ3v) is 5.29. The largest absolute Gasteiger partial charge is 0.497 e. The van der Waals surface area contributed by atoms with Gasteiger partial charge in [-0.15, -0.1) is 11.3 Å². The van der Waals surface area contributed by atoms with Gasteiger partial charge in [0.05, 0.1) is 36.7 Å². The minimum absolute atomic E-state index is 0.0266. The van der Waals surface area contributed by atoms with Crippen LogP contribution in [0.25, 0.3) is 0 Å². The van der Waals surface area contributed by atoms with Crippen LogP contribution in [0.4, 0.5) is 24.0 Å². The number of esters is 1. The highest BCUT2D eigenvalue weighted by Crippen LogP contribution is 2.35. The molecule has 0 aliphatic carbocycles. The first kappa shape index (κ1) is 24.1. The van der Waals surface area contributed by atoms with Gasteiger partial charge in [-0.1, -0.05) is 6.07 Å². The summed E-state index contributed by atoms with van der Waals surface area (Å²) in [5, 5.41) is 1.70. The zero-order chi connectivity index (χ0) is 24.2. The predicted octanol–water partition coefficient (Wildman–Crippen LogP) is 5.22. The number of nitrogens with zero attached hydrogens (tertiary/aromatic N) is 2. The van der Waals surface area contributed by atoms with E-state index in [2.05, 4.69) is 4.98 Å².